The number of non-ortho nitro benzene ring substituents is 1. The van der Waals surface area contributed by atoms with Gasteiger partial charge < -0.3 is 14.1 Å². The second-order valence-electron chi connectivity index (χ2n) is 8.02. The van der Waals surface area contributed by atoms with Crippen LogP contribution in [-0.2, 0) is 4.74 Å². The summed E-state index contributed by atoms with van der Waals surface area (Å²) in [4.78, 5) is 39.0. The molecule has 0 saturated carbocycles. The molecule has 2 atom stereocenters. The molecule has 158 valence electrons. The van der Waals surface area contributed by atoms with Crippen molar-refractivity contribution in [2.45, 2.75) is 31.9 Å². The van der Waals surface area contributed by atoms with Crippen molar-refractivity contribution in [2.24, 2.45) is 0 Å². The zero-order chi connectivity index (χ0) is 21.7. The first-order valence-electron chi connectivity index (χ1n) is 10.2. The molecule has 0 radical (unpaired) electrons. The number of rotatable bonds is 4. The maximum atomic E-state index is 13.5. The second-order valence-corrected chi connectivity index (χ2v) is 8.02. The van der Waals surface area contributed by atoms with Crippen LogP contribution in [0.4, 0.5) is 5.69 Å². The van der Waals surface area contributed by atoms with Crippen molar-refractivity contribution in [3.63, 3.8) is 0 Å². The SMILES string of the molecule is Cc1ccc2oc3c(c(=O)c2c1)[C@H](c1ccc([N+](=O)[O-])cc1)N(C[C@H]1CCCO1)C3=O. The monoisotopic (exact) mass is 420 g/mol. The highest BCUT2D eigenvalue weighted by Crippen LogP contribution is 2.39. The van der Waals surface area contributed by atoms with Crippen molar-refractivity contribution in [1.82, 2.24) is 4.90 Å². The third-order valence-electron chi connectivity index (χ3n) is 5.97. The van der Waals surface area contributed by atoms with Crippen LogP contribution in [0.1, 0.15) is 46.1 Å². The van der Waals surface area contributed by atoms with E-state index in [0.29, 0.717) is 29.7 Å². The van der Waals surface area contributed by atoms with Gasteiger partial charge in [0.05, 0.1) is 28.0 Å². The molecule has 0 aliphatic carbocycles. The summed E-state index contributed by atoms with van der Waals surface area (Å²) in [6, 6.07) is 10.5. The van der Waals surface area contributed by atoms with Crippen LogP contribution in [0.2, 0.25) is 0 Å². The number of nitro groups is 1. The van der Waals surface area contributed by atoms with Crippen LogP contribution in [0.15, 0.2) is 51.7 Å². The van der Waals surface area contributed by atoms with Crippen molar-refractivity contribution in [3.8, 4) is 0 Å². The van der Waals surface area contributed by atoms with E-state index in [1.54, 1.807) is 29.2 Å². The Morgan fingerprint density at radius 1 is 1.16 bits per heavy atom. The molecule has 2 aliphatic heterocycles. The third kappa shape index (κ3) is 3.19. The van der Waals surface area contributed by atoms with E-state index >= 15 is 0 Å². The van der Waals surface area contributed by atoms with Gasteiger partial charge in [0.1, 0.15) is 5.58 Å². The zero-order valence-electron chi connectivity index (χ0n) is 16.9. The standard InChI is InChI=1S/C23H20N2O6/c1-13-4-9-18-17(11-13)21(26)19-20(14-5-7-15(8-6-14)25(28)29)24(23(27)22(19)31-18)12-16-3-2-10-30-16/h4-9,11,16,20H,2-3,10,12H2,1H3/t16-,20+/m1/s1. The predicted octanol–water partition coefficient (Wildman–Crippen LogP) is 3.73. The smallest absolute Gasteiger partial charge is 0.291 e. The molecule has 1 fully saturated rings. The number of ether oxygens (including phenoxy) is 1. The summed E-state index contributed by atoms with van der Waals surface area (Å²) in [7, 11) is 0. The highest BCUT2D eigenvalue weighted by molar-refractivity contribution is 5.99. The highest BCUT2D eigenvalue weighted by atomic mass is 16.6. The molecule has 8 nitrogen and oxygen atoms in total. The summed E-state index contributed by atoms with van der Waals surface area (Å²) in [5.74, 6) is -0.337. The number of carbonyl (C=O) groups excluding carboxylic acids is 1. The molecule has 2 aromatic carbocycles. The number of nitrogens with zero attached hydrogens (tertiary/aromatic N) is 2. The third-order valence-corrected chi connectivity index (χ3v) is 5.97. The maximum Gasteiger partial charge on any atom is 0.291 e. The van der Waals surface area contributed by atoms with Gasteiger partial charge in [-0.3, -0.25) is 19.7 Å². The zero-order valence-corrected chi connectivity index (χ0v) is 16.9. The lowest BCUT2D eigenvalue weighted by Crippen LogP contribution is -2.36. The molecular formula is C23H20N2O6. The minimum absolute atomic E-state index is 0.0303. The minimum atomic E-state index is -0.686. The number of amides is 1. The lowest BCUT2D eigenvalue weighted by Gasteiger charge is -2.27. The van der Waals surface area contributed by atoms with Gasteiger partial charge in [0.25, 0.3) is 11.6 Å². The second kappa shape index (κ2) is 7.31. The molecule has 1 aromatic heterocycles. The topological polar surface area (TPSA) is 103 Å². The van der Waals surface area contributed by atoms with E-state index in [1.165, 1.54) is 12.1 Å². The lowest BCUT2D eigenvalue weighted by molar-refractivity contribution is -0.384. The highest BCUT2D eigenvalue weighted by Gasteiger charge is 2.44. The predicted molar refractivity (Wildman–Crippen MR) is 112 cm³/mol. The first-order valence-corrected chi connectivity index (χ1v) is 10.2. The fourth-order valence-electron chi connectivity index (χ4n) is 4.46. The number of nitro benzene ring substituents is 1. The number of fused-ring (bicyclic) bond motifs is 2. The summed E-state index contributed by atoms with van der Waals surface area (Å²) in [6.45, 7) is 2.84. The Labute approximate surface area is 177 Å². The number of hydrogen-bond acceptors (Lipinski definition) is 6. The van der Waals surface area contributed by atoms with Gasteiger partial charge in [-0.1, -0.05) is 11.6 Å². The first-order chi connectivity index (χ1) is 14.9. The number of carbonyl (C=O) groups is 1. The minimum Gasteiger partial charge on any atom is -0.450 e. The van der Waals surface area contributed by atoms with Crippen LogP contribution in [0.3, 0.4) is 0 Å². The van der Waals surface area contributed by atoms with E-state index in [0.717, 1.165) is 18.4 Å². The first kappa shape index (κ1) is 19.4. The van der Waals surface area contributed by atoms with Gasteiger partial charge in [-0.15, -0.1) is 0 Å². The van der Waals surface area contributed by atoms with E-state index < -0.39 is 11.0 Å². The fourth-order valence-corrected chi connectivity index (χ4v) is 4.46. The molecule has 0 N–H and O–H groups in total. The number of benzene rings is 2. The number of hydrogen-bond donors (Lipinski definition) is 0. The van der Waals surface area contributed by atoms with E-state index in [4.69, 9.17) is 9.15 Å². The molecule has 0 spiro atoms. The van der Waals surface area contributed by atoms with Crippen LogP contribution in [0.5, 0.6) is 0 Å². The summed E-state index contributed by atoms with van der Waals surface area (Å²) >= 11 is 0. The number of aryl methyl sites for hydroxylation is 1. The summed E-state index contributed by atoms with van der Waals surface area (Å²) in [6.07, 6.45) is 1.63. The fraction of sp³-hybridized carbons (Fsp3) is 0.304. The van der Waals surface area contributed by atoms with Gasteiger partial charge in [0.2, 0.25) is 5.76 Å². The average molecular weight is 420 g/mol. The summed E-state index contributed by atoms with van der Waals surface area (Å²) in [5, 5.41) is 11.5. The van der Waals surface area contributed by atoms with E-state index in [1.807, 2.05) is 13.0 Å². The Morgan fingerprint density at radius 2 is 1.94 bits per heavy atom. The average Bonchev–Trinajstić information content (AvgIpc) is 3.36. The van der Waals surface area contributed by atoms with Crippen molar-refractivity contribution in [2.75, 3.05) is 13.2 Å². The van der Waals surface area contributed by atoms with Gasteiger partial charge in [-0.05, 0) is 49.6 Å². The van der Waals surface area contributed by atoms with Crippen molar-refractivity contribution in [1.29, 1.82) is 0 Å². The van der Waals surface area contributed by atoms with Gasteiger partial charge in [0.15, 0.2) is 5.43 Å². The Balaban J connectivity index is 1.69. The van der Waals surface area contributed by atoms with E-state index in [-0.39, 0.29) is 34.5 Å². The lowest BCUT2D eigenvalue weighted by atomic mass is 9.97. The molecular weight excluding hydrogens is 400 g/mol. The van der Waals surface area contributed by atoms with Gasteiger partial charge >= 0.3 is 0 Å². The largest absolute Gasteiger partial charge is 0.450 e. The van der Waals surface area contributed by atoms with Crippen LogP contribution < -0.4 is 5.43 Å². The Bertz CT molecular complexity index is 1260. The summed E-state index contributed by atoms with van der Waals surface area (Å²) < 4.78 is 11.6. The summed E-state index contributed by atoms with van der Waals surface area (Å²) in [5.41, 5.74) is 1.85. The molecule has 0 unspecified atom stereocenters. The normalized spacial score (nSPS) is 20.4. The van der Waals surface area contributed by atoms with Crippen LogP contribution in [0, 0.1) is 17.0 Å². The Hall–Kier alpha value is -3.52. The van der Waals surface area contributed by atoms with Crippen molar-refractivity contribution in [3.05, 3.63) is 85.3 Å². The quantitative estimate of drug-likeness (QED) is 0.471. The van der Waals surface area contributed by atoms with Gasteiger partial charge in [0, 0.05) is 25.3 Å². The molecule has 1 saturated heterocycles. The van der Waals surface area contributed by atoms with Crippen molar-refractivity contribution >= 4 is 22.6 Å². The molecule has 1 amide bonds. The van der Waals surface area contributed by atoms with Gasteiger partial charge in [-0.2, -0.15) is 0 Å². The molecule has 2 aliphatic rings. The molecule has 5 rings (SSSR count). The molecule has 8 heteroatoms. The molecule has 3 heterocycles. The molecule has 31 heavy (non-hydrogen) atoms. The van der Waals surface area contributed by atoms with Crippen LogP contribution >= 0.6 is 0 Å². The van der Waals surface area contributed by atoms with E-state index in [2.05, 4.69) is 0 Å². The van der Waals surface area contributed by atoms with Gasteiger partial charge in [-0.25, -0.2) is 0 Å². The van der Waals surface area contributed by atoms with Crippen LogP contribution in [-0.4, -0.2) is 35.0 Å². The molecule has 0 bridgehead atoms. The van der Waals surface area contributed by atoms with Crippen LogP contribution in [0.25, 0.3) is 11.0 Å². The van der Waals surface area contributed by atoms with Crippen molar-refractivity contribution < 1.29 is 18.9 Å². The van der Waals surface area contributed by atoms with E-state index in [9.17, 15) is 19.7 Å². The molecule has 3 aromatic rings. The Kier molecular flexibility index (Phi) is 4.59. The Morgan fingerprint density at radius 3 is 2.61 bits per heavy atom. The maximum absolute atomic E-state index is 13.5.